The molecule has 0 saturated heterocycles. The monoisotopic (exact) mass is 467 g/mol. The summed E-state index contributed by atoms with van der Waals surface area (Å²) in [5.41, 5.74) is 2.57. The Morgan fingerprint density at radius 1 is 1.06 bits per heavy atom. The summed E-state index contributed by atoms with van der Waals surface area (Å²) in [6, 6.07) is 15.0. The van der Waals surface area contributed by atoms with Gasteiger partial charge in [-0.3, -0.25) is 19.3 Å². The Morgan fingerprint density at radius 2 is 1.81 bits per heavy atom. The number of amides is 1. The Bertz CT molecular complexity index is 1290. The SMILES string of the molecule is CC(C)N1CN(C2c3ccccc3SCc3c(Cl)cccc32)n2ccc(=O)c(O)c2C1=O. The quantitative estimate of drug-likeness (QED) is 0.606. The van der Waals surface area contributed by atoms with Gasteiger partial charge in [-0.05, 0) is 42.7 Å². The van der Waals surface area contributed by atoms with Crippen molar-refractivity contribution in [3.8, 4) is 5.75 Å². The first-order valence-electron chi connectivity index (χ1n) is 10.4. The molecule has 2 aliphatic rings. The molecule has 0 saturated carbocycles. The van der Waals surface area contributed by atoms with Gasteiger partial charge >= 0.3 is 0 Å². The van der Waals surface area contributed by atoms with Crippen LogP contribution in [0.4, 0.5) is 0 Å². The van der Waals surface area contributed by atoms with Crippen molar-refractivity contribution in [3.05, 3.63) is 92.4 Å². The van der Waals surface area contributed by atoms with Crippen molar-refractivity contribution in [2.75, 3.05) is 11.7 Å². The van der Waals surface area contributed by atoms with Crippen LogP contribution in [0.2, 0.25) is 5.02 Å². The minimum absolute atomic E-state index is 0.0181. The molecule has 0 bridgehead atoms. The maximum atomic E-state index is 13.2. The summed E-state index contributed by atoms with van der Waals surface area (Å²) in [6.07, 6.45) is 1.57. The van der Waals surface area contributed by atoms with E-state index in [1.54, 1.807) is 27.5 Å². The number of fused-ring (bicyclic) bond motifs is 3. The summed E-state index contributed by atoms with van der Waals surface area (Å²) in [4.78, 5) is 28.2. The highest BCUT2D eigenvalue weighted by molar-refractivity contribution is 7.98. The average Bonchev–Trinajstić information content (AvgIpc) is 2.94. The van der Waals surface area contributed by atoms with E-state index in [1.807, 2.05) is 43.1 Å². The molecule has 6 nitrogen and oxygen atoms in total. The molecule has 0 radical (unpaired) electrons. The Morgan fingerprint density at radius 3 is 2.59 bits per heavy atom. The number of benzene rings is 2. The van der Waals surface area contributed by atoms with E-state index in [0.717, 1.165) is 27.3 Å². The highest BCUT2D eigenvalue weighted by atomic mass is 35.5. The fourth-order valence-corrected chi connectivity index (χ4v) is 5.89. The first-order chi connectivity index (χ1) is 15.4. The third-order valence-electron chi connectivity index (χ3n) is 6.05. The normalized spacial score (nSPS) is 17.6. The minimum Gasteiger partial charge on any atom is -0.502 e. The van der Waals surface area contributed by atoms with Crippen molar-refractivity contribution in [2.24, 2.45) is 0 Å². The maximum absolute atomic E-state index is 13.2. The lowest BCUT2D eigenvalue weighted by atomic mass is 9.94. The van der Waals surface area contributed by atoms with Crippen molar-refractivity contribution in [3.63, 3.8) is 0 Å². The van der Waals surface area contributed by atoms with Gasteiger partial charge in [0.05, 0.1) is 6.04 Å². The van der Waals surface area contributed by atoms with Crippen LogP contribution in [0.25, 0.3) is 0 Å². The number of nitrogens with zero attached hydrogens (tertiary/aromatic N) is 3. The van der Waals surface area contributed by atoms with Gasteiger partial charge in [0, 0.05) is 34.0 Å². The summed E-state index contributed by atoms with van der Waals surface area (Å²) < 4.78 is 1.63. The summed E-state index contributed by atoms with van der Waals surface area (Å²) in [7, 11) is 0. The first-order valence-corrected chi connectivity index (χ1v) is 11.8. The van der Waals surface area contributed by atoms with Gasteiger partial charge in [-0.25, -0.2) is 0 Å². The molecule has 8 heteroatoms. The van der Waals surface area contributed by atoms with Gasteiger partial charge in [-0.15, -0.1) is 11.8 Å². The highest BCUT2D eigenvalue weighted by Crippen LogP contribution is 2.44. The van der Waals surface area contributed by atoms with Gasteiger partial charge in [0.1, 0.15) is 6.67 Å². The molecule has 3 heterocycles. The van der Waals surface area contributed by atoms with Gasteiger partial charge in [-0.1, -0.05) is 41.9 Å². The number of carbonyl (C=O) groups excluding carboxylic acids is 1. The van der Waals surface area contributed by atoms with Gasteiger partial charge < -0.3 is 10.0 Å². The van der Waals surface area contributed by atoms with E-state index in [2.05, 4.69) is 18.2 Å². The van der Waals surface area contributed by atoms with Gasteiger partial charge in [0.25, 0.3) is 5.91 Å². The zero-order chi connectivity index (χ0) is 22.6. The number of hydrogen-bond acceptors (Lipinski definition) is 5. The fraction of sp³-hybridized carbons (Fsp3) is 0.250. The second-order valence-corrected chi connectivity index (χ2v) is 9.63. The van der Waals surface area contributed by atoms with E-state index in [0.29, 0.717) is 11.7 Å². The highest BCUT2D eigenvalue weighted by Gasteiger charge is 2.39. The molecule has 3 aromatic rings. The molecule has 0 fully saturated rings. The van der Waals surface area contributed by atoms with Crippen molar-refractivity contribution in [1.29, 1.82) is 0 Å². The first kappa shape index (κ1) is 21.0. The van der Waals surface area contributed by atoms with Gasteiger partial charge in [0.15, 0.2) is 11.4 Å². The molecular formula is C24H22ClN3O3S. The molecule has 1 atom stereocenters. The molecule has 164 valence electrons. The number of thioether (sulfide) groups is 1. The molecule has 1 unspecified atom stereocenters. The van der Waals surface area contributed by atoms with Crippen LogP contribution < -0.4 is 10.4 Å². The third kappa shape index (κ3) is 3.19. The Hall–Kier alpha value is -2.90. The van der Waals surface area contributed by atoms with Crippen molar-refractivity contribution in [1.82, 2.24) is 9.58 Å². The van der Waals surface area contributed by atoms with E-state index >= 15 is 0 Å². The number of carbonyl (C=O) groups is 1. The second-order valence-electron chi connectivity index (χ2n) is 8.21. The topological polar surface area (TPSA) is 65.8 Å². The lowest BCUT2D eigenvalue weighted by molar-refractivity contribution is 0.0621. The summed E-state index contributed by atoms with van der Waals surface area (Å²) in [5, 5.41) is 13.3. The lowest BCUT2D eigenvalue weighted by Gasteiger charge is -2.45. The van der Waals surface area contributed by atoms with E-state index in [1.165, 1.54) is 6.07 Å². The molecule has 2 aromatic carbocycles. The van der Waals surface area contributed by atoms with Crippen molar-refractivity contribution >= 4 is 29.3 Å². The number of aromatic nitrogens is 1. The van der Waals surface area contributed by atoms with E-state index in [-0.39, 0.29) is 23.7 Å². The van der Waals surface area contributed by atoms with Crippen molar-refractivity contribution in [2.45, 2.75) is 36.6 Å². The van der Waals surface area contributed by atoms with Crippen molar-refractivity contribution < 1.29 is 9.90 Å². The molecule has 0 aliphatic carbocycles. The number of hydrogen-bond donors (Lipinski definition) is 1. The molecular weight excluding hydrogens is 446 g/mol. The molecule has 1 N–H and O–H groups in total. The minimum atomic E-state index is -0.574. The summed E-state index contributed by atoms with van der Waals surface area (Å²) >= 11 is 8.35. The summed E-state index contributed by atoms with van der Waals surface area (Å²) in [6.45, 7) is 4.14. The zero-order valence-electron chi connectivity index (χ0n) is 17.7. The zero-order valence-corrected chi connectivity index (χ0v) is 19.2. The van der Waals surface area contributed by atoms with Crippen LogP contribution in [-0.4, -0.2) is 33.3 Å². The molecule has 0 spiro atoms. The standard InChI is InChI=1S/C24H22ClN3O3S/c1-14(2)26-13-28(27-11-10-19(29)23(30)22(27)24(26)31)21-15-7-5-8-18(25)17(15)12-32-20-9-4-3-6-16(20)21/h3-11,14,21,30H,12-13H2,1-2H3. The third-order valence-corrected chi connectivity index (χ3v) is 7.52. The number of aromatic hydroxyl groups is 1. The average molecular weight is 468 g/mol. The molecule has 1 amide bonds. The van der Waals surface area contributed by atoms with E-state index in [4.69, 9.17) is 11.6 Å². The number of rotatable bonds is 2. The predicted octanol–water partition coefficient (Wildman–Crippen LogP) is 4.36. The number of pyridine rings is 1. The fourth-order valence-electron chi connectivity index (χ4n) is 4.42. The van der Waals surface area contributed by atoms with E-state index in [9.17, 15) is 14.7 Å². The largest absolute Gasteiger partial charge is 0.502 e. The van der Waals surface area contributed by atoms with Crippen LogP contribution in [0.1, 0.15) is 47.1 Å². The van der Waals surface area contributed by atoms with Gasteiger partial charge in [0.2, 0.25) is 5.43 Å². The molecule has 32 heavy (non-hydrogen) atoms. The van der Waals surface area contributed by atoms with E-state index < -0.39 is 11.2 Å². The second kappa shape index (κ2) is 7.90. The number of halogens is 1. The lowest BCUT2D eigenvalue weighted by Crippen LogP contribution is -2.57. The maximum Gasteiger partial charge on any atom is 0.278 e. The molecule has 2 aliphatic heterocycles. The van der Waals surface area contributed by atoms with Crippen LogP contribution >= 0.6 is 23.4 Å². The Kier molecular flexibility index (Phi) is 5.18. The summed E-state index contributed by atoms with van der Waals surface area (Å²) in [5.74, 6) is -0.171. The molecule has 5 rings (SSSR count). The van der Waals surface area contributed by atoms with Crippen LogP contribution in [0.3, 0.4) is 0 Å². The molecule has 1 aromatic heterocycles. The van der Waals surface area contributed by atoms with Crippen LogP contribution in [0, 0.1) is 0 Å². The Labute approximate surface area is 195 Å². The van der Waals surface area contributed by atoms with Gasteiger partial charge in [-0.2, -0.15) is 0 Å². The van der Waals surface area contributed by atoms with Crippen LogP contribution in [0.5, 0.6) is 5.75 Å². The van der Waals surface area contributed by atoms with Crippen LogP contribution in [-0.2, 0) is 5.75 Å². The predicted molar refractivity (Wildman–Crippen MR) is 126 cm³/mol. The smallest absolute Gasteiger partial charge is 0.278 e. The van der Waals surface area contributed by atoms with Crippen LogP contribution in [0.15, 0.2) is 64.4 Å². The Balaban J connectivity index is 1.80.